The summed E-state index contributed by atoms with van der Waals surface area (Å²) < 4.78 is 42.6. The molecule has 29 heavy (non-hydrogen) atoms. The van der Waals surface area contributed by atoms with Gasteiger partial charge in [0.05, 0.1) is 24.3 Å². The van der Waals surface area contributed by atoms with E-state index in [1.807, 2.05) is 13.8 Å². The van der Waals surface area contributed by atoms with Gasteiger partial charge in [0.1, 0.15) is 17.3 Å². The third-order valence-corrected chi connectivity index (χ3v) is 4.56. The number of nitrogens with zero attached hydrogens (tertiary/aromatic N) is 4. The Morgan fingerprint density at radius 1 is 1.24 bits per heavy atom. The van der Waals surface area contributed by atoms with Gasteiger partial charge in [0.25, 0.3) is 0 Å². The summed E-state index contributed by atoms with van der Waals surface area (Å²) in [4.78, 5) is 8.90. The molecular weight excluding hydrogens is 383 g/mol. The van der Waals surface area contributed by atoms with Crippen molar-refractivity contribution in [1.29, 1.82) is 0 Å². The summed E-state index contributed by atoms with van der Waals surface area (Å²) in [6.45, 7) is 6.31. The van der Waals surface area contributed by atoms with E-state index in [4.69, 9.17) is 0 Å². The van der Waals surface area contributed by atoms with Crippen LogP contribution in [0, 0.1) is 17.5 Å². The van der Waals surface area contributed by atoms with Crippen LogP contribution in [0.25, 0.3) is 5.65 Å². The highest BCUT2D eigenvalue weighted by atomic mass is 19.2. The molecule has 3 aromatic rings. The van der Waals surface area contributed by atoms with Crippen molar-refractivity contribution in [2.75, 3.05) is 17.2 Å². The lowest BCUT2D eigenvalue weighted by Gasteiger charge is -2.18. The van der Waals surface area contributed by atoms with Gasteiger partial charge < -0.3 is 16.0 Å². The summed E-state index contributed by atoms with van der Waals surface area (Å²) in [5.41, 5.74) is 0.892. The molecule has 1 aromatic carbocycles. The highest BCUT2D eigenvalue weighted by Gasteiger charge is 2.25. The van der Waals surface area contributed by atoms with E-state index in [0.29, 0.717) is 35.7 Å². The van der Waals surface area contributed by atoms with Crippen LogP contribution in [-0.2, 0) is 0 Å². The van der Waals surface area contributed by atoms with Gasteiger partial charge in [-0.1, -0.05) is 0 Å². The molecule has 3 N–H and O–H groups in total. The van der Waals surface area contributed by atoms with Crippen LogP contribution >= 0.6 is 0 Å². The van der Waals surface area contributed by atoms with Crippen LogP contribution in [-0.4, -0.2) is 32.6 Å². The highest BCUT2D eigenvalue weighted by Crippen LogP contribution is 2.25. The summed E-state index contributed by atoms with van der Waals surface area (Å²) in [7, 11) is 0. The normalized spacial score (nSPS) is 16.4. The Balaban J connectivity index is 1.58. The molecule has 0 amide bonds. The first-order valence-corrected chi connectivity index (χ1v) is 9.07. The molecule has 2 aromatic heterocycles. The van der Waals surface area contributed by atoms with E-state index in [2.05, 4.69) is 31.0 Å². The molecule has 3 heterocycles. The summed E-state index contributed by atoms with van der Waals surface area (Å²) in [6.07, 6.45) is 3.30. The Hall–Kier alpha value is -3.30. The van der Waals surface area contributed by atoms with E-state index in [9.17, 15) is 13.2 Å². The van der Waals surface area contributed by atoms with E-state index in [1.54, 1.807) is 29.9 Å². The first-order valence-electron chi connectivity index (χ1n) is 9.07. The summed E-state index contributed by atoms with van der Waals surface area (Å²) in [5, 5.41) is 13.6. The second-order valence-corrected chi connectivity index (χ2v) is 7.59. The molecule has 10 heteroatoms. The number of benzene rings is 1. The molecule has 0 bridgehead atoms. The van der Waals surface area contributed by atoms with Gasteiger partial charge in [-0.05, 0) is 32.9 Å². The van der Waals surface area contributed by atoms with Crippen molar-refractivity contribution in [2.45, 2.75) is 32.4 Å². The Morgan fingerprint density at radius 3 is 2.76 bits per heavy atom. The van der Waals surface area contributed by atoms with Gasteiger partial charge in [-0.25, -0.2) is 22.7 Å². The van der Waals surface area contributed by atoms with Crippen LogP contribution in [0.4, 0.5) is 24.7 Å². The Bertz CT molecular complexity index is 1110. The van der Waals surface area contributed by atoms with E-state index in [-0.39, 0.29) is 11.1 Å². The SMILES string of the molecule is C[C@@H](Nc1ccn2ncc(NC3=NCC(C)(C)N3)c2n1)c1cc(F)cc(F)c1F. The predicted molar refractivity (Wildman–Crippen MR) is 104 cm³/mol. The number of aromatic nitrogens is 3. The molecule has 0 fully saturated rings. The molecule has 4 rings (SSSR count). The average Bonchev–Trinajstić information content (AvgIpc) is 3.20. The average molecular weight is 403 g/mol. The maximum atomic E-state index is 14.0. The number of anilines is 2. The Labute approximate surface area is 165 Å². The smallest absolute Gasteiger partial charge is 0.196 e. The van der Waals surface area contributed by atoms with Crippen molar-refractivity contribution in [1.82, 2.24) is 19.9 Å². The first-order chi connectivity index (χ1) is 13.7. The zero-order chi connectivity index (χ0) is 20.8. The summed E-state index contributed by atoms with van der Waals surface area (Å²) in [5.74, 6) is -2.14. The zero-order valence-corrected chi connectivity index (χ0v) is 16.1. The third-order valence-electron chi connectivity index (χ3n) is 4.56. The second-order valence-electron chi connectivity index (χ2n) is 7.59. The number of aliphatic imine (C=N–C) groups is 1. The maximum Gasteiger partial charge on any atom is 0.196 e. The largest absolute Gasteiger partial charge is 0.363 e. The number of hydrogen-bond donors (Lipinski definition) is 3. The van der Waals surface area contributed by atoms with Crippen molar-refractivity contribution < 1.29 is 13.2 Å². The van der Waals surface area contributed by atoms with Crippen molar-refractivity contribution >= 4 is 23.1 Å². The van der Waals surface area contributed by atoms with Crippen molar-refractivity contribution in [3.63, 3.8) is 0 Å². The van der Waals surface area contributed by atoms with Crippen LogP contribution in [0.15, 0.2) is 35.6 Å². The number of fused-ring (bicyclic) bond motifs is 1. The first kappa shape index (κ1) is 19.0. The van der Waals surface area contributed by atoms with Crippen molar-refractivity contribution in [2.24, 2.45) is 4.99 Å². The van der Waals surface area contributed by atoms with Gasteiger partial charge in [-0.15, -0.1) is 0 Å². The molecule has 0 radical (unpaired) electrons. The Morgan fingerprint density at radius 2 is 2.03 bits per heavy atom. The fourth-order valence-corrected chi connectivity index (χ4v) is 3.10. The van der Waals surface area contributed by atoms with E-state index in [1.165, 1.54) is 0 Å². The molecular formula is C19H20F3N7. The highest BCUT2D eigenvalue weighted by molar-refractivity contribution is 5.98. The quantitative estimate of drug-likeness (QED) is 0.582. The second kappa shape index (κ2) is 6.94. The van der Waals surface area contributed by atoms with Crippen molar-refractivity contribution in [3.05, 3.63) is 53.6 Å². The van der Waals surface area contributed by atoms with Gasteiger partial charge in [0, 0.05) is 17.8 Å². The number of guanidine groups is 1. The van der Waals surface area contributed by atoms with Crippen LogP contribution in [0.5, 0.6) is 0 Å². The van der Waals surface area contributed by atoms with Crippen LogP contribution in [0.2, 0.25) is 0 Å². The van der Waals surface area contributed by atoms with E-state index >= 15 is 0 Å². The molecule has 0 saturated carbocycles. The van der Waals surface area contributed by atoms with E-state index < -0.39 is 23.5 Å². The van der Waals surface area contributed by atoms with Crippen molar-refractivity contribution in [3.8, 4) is 0 Å². The molecule has 1 aliphatic rings. The number of rotatable bonds is 4. The predicted octanol–water partition coefficient (Wildman–Crippen LogP) is 3.47. The fourth-order valence-electron chi connectivity index (χ4n) is 3.10. The number of halogens is 3. The summed E-state index contributed by atoms with van der Waals surface area (Å²) >= 11 is 0. The molecule has 0 aliphatic carbocycles. The zero-order valence-electron chi connectivity index (χ0n) is 16.1. The standard InChI is InChI=1S/C19H20F3N7/c1-10(12-6-11(20)7-13(21)16(12)22)25-15-4-5-29-17(27-15)14(8-24-29)26-18-23-9-19(2,3)28-18/h4-8,10H,9H2,1-3H3,(H,25,27)(H2,23,26,28)/t10-/m1/s1. The van der Waals surface area contributed by atoms with Gasteiger partial charge >= 0.3 is 0 Å². The van der Waals surface area contributed by atoms with Gasteiger partial charge in [0.15, 0.2) is 23.2 Å². The molecule has 0 spiro atoms. The Kier molecular flexibility index (Phi) is 4.56. The van der Waals surface area contributed by atoms with Gasteiger partial charge in [-0.2, -0.15) is 5.10 Å². The number of nitrogens with one attached hydrogen (secondary N) is 3. The molecule has 1 aliphatic heterocycles. The van der Waals surface area contributed by atoms with Gasteiger partial charge in [-0.3, -0.25) is 4.99 Å². The minimum atomic E-state index is -1.23. The molecule has 0 unspecified atom stereocenters. The van der Waals surface area contributed by atoms with E-state index in [0.717, 1.165) is 6.07 Å². The maximum absolute atomic E-state index is 14.0. The summed E-state index contributed by atoms with van der Waals surface area (Å²) in [6, 6.07) is 2.41. The molecule has 152 valence electrons. The minimum Gasteiger partial charge on any atom is -0.363 e. The molecule has 1 atom stereocenters. The third kappa shape index (κ3) is 3.82. The van der Waals surface area contributed by atoms with Crippen LogP contribution in [0.1, 0.15) is 32.4 Å². The minimum absolute atomic E-state index is 0.122. The van der Waals surface area contributed by atoms with Crippen LogP contribution < -0.4 is 16.0 Å². The lowest BCUT2D eigenvalue weighted by Crippen LogP contribution is -2.42. The van der Waals surface area contributed by atoms with Crippen LogP contribution in [0.3, 0.4) is 0 Å². The molecule has 7 nitrogen and oxygen atoms in total. The monoisotopic (exact) mass is 403 g/mol. The lowest BCUT2D eigenvalue weighted by molar-refractivity contribution is 0.480. The number of hydrogen-bond acceptors (Lipinski definition) is 6. The van der Waals surface area contributed by atoms with Gasteiger partial charge in [0.2, 0.25) is 0 Å². The lowest BCUT2D eigenvalue weighted by atomic mass is 10.1. The molecule has 0 saturated heterocycles. The fraction of sp³-hybridized carbons (Fsp3) is 0.316. The topological polar surface area (TPSA) is 78.6 Å².